The molecule has 3 heterocycles. The maximum atomic E-state index is 12.4. The van der Waals surface area contributed by atoms with Gasteiger partial charge >= 0.3 is 0 Å². The van der Waals surface area contributed by atoms with Crippen molar-refractivity contribution in [3.63, 3.8) is 0 Å². The van der Waals surface area contributed by atoms with Gasteiger partial charge in [0.25, 0.3) is 5.56 Å². The van der Waals surface area contributed by atoms with Crippen LogP contribution in [0.15, 0.2) is 58.8 Å². The number of piperazine rings is 1. The first-order valence-corrected chi connectivity index (χ1v) is 10.9. The third kappa shape index (κ3) is 5.44. The Bertz CT molecular complexity index is 1150. The highest BCUT2D eigenvalue weighted by Crippen LogP contribution is 2.10. The molecule has 0 aliphatic carbocycles. The van der Waals surface area contributed by atoms with Gasteiger partial charge < -0.3 is 10.2 Å². The van der Waals surface area contributed by atoms with Gasteiger partial charge in [0.2, 0.25) is 11.8 Å². The smallest absolute Gasteiger partial charge is 0.258 e. The van der Waals surface area contributed by atoms with E-state index in [1.807, 2.05) is 35.7 Å². The maximum Gasteiger partial charge on any atom is 0.258 e. The van der Waals surface area contributed by atoms with Crippen LogP contribution in [0.4, 0.5) is 0 Å². The molecule has 0 atom stereocenters. The van der Waals surface area contributed by atoms with Crippen molar-refractivity contribution in [2.75, 3.05) is 32.7 Å². The van der Waals surface area contributed by atoms with Crippen LogP contribution in [0.2, 0.25) is 0 Å². The highest BCUT2D eigenvalue weighted by atomic mass is 32.1. The summed E-state index contributed by atoms with van der Waals surface area (Å²) in [5.41, 5.74) is 1.59. The zero-order chi connectivity index (χ0) is 21.6. The van der Waals surface area contributed by atoms with E-state index in [2.05, 4.69) is 15.2 Å². The van der Waals surface area contributed by atoms with Gasteiger partial charge in [0.15, 0.2) is 4.96 Å². The lowest BCUT2D eigenvalue weighted by Gasteiger charge is -2.34. The molecule has 0 saturated carbocycles. The van der Waals surface area contributed by atoms with Gasteiger partial charge in [-0.15, -0.1) is 11.3 Å². The molecule has 0 radical (unpaired) electrons. The van der Waals surface area contributed by atoms with Crippen molar-refractivity contribution in [2.24, 2.45) is 0 Å². The van der Waals surface area contributed by atoms with Gasteiger partial charge in [-0.3, -0.25) is 23.7 Å². The van der Waals surface area contributed by atoms with Crippen LogP contribution in [0, 0.1) is 0 Å². The minimum Gasteiger partial charge on any atom is -0.343 e. The Morgan fingerprint density at radius 3 is 2.68 bits per heavy atom. The standard InChI is InChI=1S/C22H23N5O3S/c28-19(7-6-17-4-2-1-3-5-17)23-15-21(30)26-10-8-25(9-11-26)16-18-14-20(29)27-12-13-31-22(27)24-18/h1-7,12-14H,8-11,15-16H2,(H,23,28)/b7-6+. The molecule has 3 aromatic rings. The fourth-order valence-electron chi connectivity index (χ4n) is 3.42. The first-order valence-electron chi connectivity index (χ1n) is 10.1. The van der Waals surface area contributed by atoms with Gasteiger partial charge in [0.05, 0.1) is 12.2 Å². The van der Waals surface area contributed by atoms with Crippen molar-refractivity contribution in [3.05, 3.63) is 75.7 Å². The molecular formula is C22H23N5O3S. The molecule has 8 nitrogen and oxygen atoms in total. The predicted octanol–water partition coefficient (Wildman–Crippen LogP) is 1.23. The Hall–Kier alpha value is -3.30. The molecule has 0 unspecified atom stereocenters. The average Bonchev–Trinajstić information content (AvgIpc) is 3.26. The maximum absolute atomic E-state index is 12.4. The van der Waals surface area contributed by atoms with Crippen molar-refractivity contribution in [2.45, 2.75) is 6.54 Å². The molecule has 0 spiro atoms. The first kappa shape index (κ1) is 21.0. The lowest BCUT2D eigenvalue weighted by atomic mass is 10.2. The normalized spacial score (nSPS) is 14.9. The Kier molecular flexibility index (Phi) is 6.54. The molecule has 9 heteroatoms. The van der Waals surface area contributed by atoms with Gasteiger partial charge in [-0.25, -0.2) is 4.98 Å². The predicted molar refractivity (Wildman–Crippen MR) is 120 cm³/mol. The summed E-state index contributed by atoms with van der Waals surface area (Å²) in [6.07, 6.45) is 4.87. The van der Waals surface area contributed by atoms with Crippen LogP contribution in [-0.4, -0.2) is 63.7 Å². The van der Waals surface area contributed by atoms with E-state index in [4.69, 9.17) is 0 Å². The number of carbonyl (C=O) groups is 2. The average molecular weight is 438 g/mol. The van der Waals surface area contributed by atoms with Gasteiger partial charge in [-0.2, -0.15) is 0 Å². The molecule has 160 valence electrons. The molecule has 1 aliphatic rings. The van der Waals surface area contributed by atoms with Crippen molar-refractivity contribution >= 4 is 34.2 Å². The largest absolute Gasteiger partial charge is 0.343 e. The van der Waals surface area contributed by atoms with E-state index in [1.165, 1.54) is 21.8 Å². The molecule has 0 bridgehead atoms. The lowest BCUT2D eigenvalue weighted by Crippen LogP contribution is -2.50. The minimum atomic E-state index is -0.294. The number of thiazole rings is 1. The molecule has 1 saturated heterocycles. The zero-order valence-electron chi connectivity index (χ0n) is 16.9. The fourth-order valence-corrected chi connectivity index (χ4v) is 4.16. The van der Waals surface area contributed by atoms with Crippen molar-refractivity contribution < 1.29 is 9.59 Å². The summed E-state index contributed by atoms with van der Waals surface area (Å²) in [6, 6.07) is 11.1. The second-order valence-corrected chi connectivity index (χ2v) is 8.13. The number of benzene rings is 1. The molecular weight excluding hydrogens is 414 g/mol. The Morgan fingerprint density at radius 1 is 1.13 bits per heavy atom. The van der Waals surface area contributed by atoms with Crippen molar-refractivity contribution in [1.82, 2.24) is 24.5 Å². The van der Waals surface area contributed by atoms with E-state index in [1.54, 1.807) is 23.2 Å². The lowest BCUT2D eigenvalue weighted by molar-refractivity contribution is -0.133. The summed E-state index contributed by atoms with van der Waals surface area (Å²) in [7, 11) is 0. The van der Waals surface area contributed by atoms with Crippen LogP contribution in [-0.2, 0) is 16.1 Å². The summed E-state index contributed by atoms with van der Waals surface area (Å²) in [5.74, 6) is -0.394. The highest BCUT2D eigenvalue weighted by Gasteiger charge is 2.21. The van der Waals surface area contributed by atoms with E-state index in [9.17, 15) is 14.4 Å². The summed E-state index contributed by atoms with van der Waals surface area (Å²) in [4.78, 5) is 45.6. The second kappa shape index (κ2) is 9.67. The van der Waals surface area contributed by atoms with E-state index >= 15 is 0 Å². The zero-order valence-corrected chi connectivity index (χ0v) is 17.8. The van der Waals surface area contributed by atoms with E-state index < -0.39 is 0 Å². The number of nitrogens with zero attached hydrogens (tertiary/aromatic N) is 4. The van der Waals surface area contributed by atoms with Crippen LogP contribution >= 0.6 is 11.3 Å². The number of hydrogen-bond acceptors (Lipinski definition) is 6. The monoisotopic (exact) mass is 437 g/mol. The van der Waals surface area contributed by atoms with Crippen LogP contribution in [0.1, 0.15) is 11.3 Å². The second-order valence-electron chi connectivity index (χ2n) is 7.26. The molecule has 2 aromatic heterocycles. The number of amides is 2. The van der Waals surface area contributed by atoms with Gasteiger partial charge in [-0.1, -0.05) is 30.3 Å². The number of nitrogens with one attached hydrogen (secondary N) is 1. The molecule has 2 amide bonds. The quantitative estimate of drug-likeness (QED) is 0.586. The van der Waals surface area contributed by atoms with Gasteiger partial charge in [-0.05, 0) is 11.6 Å². The SMILES string of the molecule is O=C(/C=C/c1ccccc1)NCC(=O)N1CCN(Cc2cc(=O)n3ccsc3n2)CC1. The number of rotatable bonds is 6. The van der Waals surface area contributed by atoms with E-state index in [0.29, 0.717) is 37.7 Å². The Balaban J connectivity index is 1.22. The number of aromatic nitrogens is 2. The Morgan fingerprint density at radius 2 is 1.90 bits per heavy atom. The molecule has 1 aromatic carbocycles. The summed E-state index contributed by atoms with van der Waals surface area (Å²) >= 11 is 1.43. The molecule has 4 rings (SSSR count). The van der Waals surface area contributed by atoms with Gasteiger partial charge in [0, 0.05) is 56.4 Å². The van der Waals surface area contributed by atoms with E-state index in [0.717, 1.165) is 11.3 Å². The molecule has 1 N–H and O–H groups in total. The van der Waals surface area contributed by atoms with Gasteiger partial charge in [0.1, 0.15) is 0 Å². The van der Waals surface area contributed by atoms with E-state index in [-0.39, 0.29) is 23.9 Å². The van der Waals surface area contributed by atoms with Crippen LogP contribution in [0.3, 0.4) is 0 Å². The minimum absolute atomic E-state index is 0.0225. The first-order chi connectivity index (χ1) is 15.1. The van der Waals surface area contributed by atoms with Crippen LogP contribution in [0.5, 0.6) is 0 Å². The third-order valence-electron chi connectivity index (χ3n) is 5.11. The fraction of sp³-hybridized carbons (Fsp3) is 0.273. The van der Waals surface area contributed by atoms with Crippen LogP contribution < -0.4 is 10.9 Å². The number of carbonyl (C=O) groups excluding carboxylic acids is 2. The third-order valence-corrected chi connectivity index (χ3v) is 5.86. The number of hydrogen-bond donors (Lipinski definition) is 1. The summed E-state index contributed by atoms with van der Waals surface area (Å²) in [6.45, 7) is 3.10. The van der Waals surface area contributed by atoms with Crippen LogP contribution in [0.25, 0.3) is 11.0 Å². The summed E-state index contributed by atoms with van der Waals surface area (Å²) < 4.78 is 1.54. The molecule has 31 heavy (non-hydrogen) atoms. The molecule has 1 fully saturated rings. The summed E-state index contributed by atoms with van der Waals surface area (Å²) in [5, 5.41) is 4.49. The molecule has 1 aliphatic heterocycles. The number of fused-ring (bicyclic) bond motifs is 1. The topological polar surface area (TPSA) is 87.0 Å². The Labute approximate surface area is 183 Å². The highest BCUT2D eigenvalue weighted by molar-refractivity contribution is 7.15. The van der Waals surface area contributed by atoms with Crippen molar-refractivity contribution in [1.29, 1.82) is 0 Å². The van der Waals surface area contributed by atoms with Crippen molar-refractivity contribution in [3.8, 4) is 0 Å².